The molecule has 2 N–H and O–H groups in total. The lowest BCUT2D eigenvalue weighted by Gasteiger charge is -2.33. The molecule has 6 heteroatoms. The van der Waals surface area contributed by atoms with Crippen LogP contribution >= 0.6 is 0 Å². The van der Waals surface area contributed by atoms with Crippen LogP contribution in [0, 0.1) is 5.92 Å². The zero-order valence-electron chi connectivity index (χ0n) is 43.7. The van der Waals surface area contributed by atoms with Crippen molar-refractivity contribution < 1.29 is 18.8 Å². The summed E-state index contributed by atoms with van der Waals surface area (Å²) in [6, 6.07) is 0. The predicted octanol–water partition coefficient (Wildman–Crippen LogP) is 16.0. The van der Waals surface area contributed by atoms with Crippen LogP contribution in [-0.2, 0) is 14.3 Å². The van der Waals surface area contributed by atoms with Gasteiger partial charge in [-0.3, -0.25) is 4.79 Å². The largest absolute Gasteiger partial charge is 0.379 e. The van der Waals surface area contributed by atoms with Gasteiger partial charge in [0.25, 0.3) is 0 Å². The summed E-state index contributed by atoms with van der Waals surface area (Å²) < 4.78 is 13.7. The molecule has 0 rings (SSSR count). The number of nitrogens with one attached hydrogen (secondary N) is 2. The van der Waals surface area contributed by atoms with E-state index in [0.29, 0.717) is 13.2 Å². The van der Waals surface area contributed by atoms with Gasteiger partial charge in [-0.05, 0) is 103 Å². The van der Waals surface area contributed by atoms with Crippen LogP contribution in [0.15, 0.2) is 24.3 Å². The Morgan fingerprint density at radius 1 is 0.476 bits per heavy atom. The molecule has 2 atom stereocenters. The lowest BCUT2D eigenvalue weighted by atomic mass is 9.95. The second-order valence-electron chi connectivity index (χ2n) is 20.0. The molecule has 0 saturated heterocycles. The SMILES string of the molecule is CCCCCCCC/C=C\CCCCCCCCOCC(C[N+](C)(C)CCNC(=O)C(CCCCC)CCCNCCCC)OCCCCCCCC/C=C\CCCCCCCC. The molecule has 0 aromatic rings. The maximum atomic E-state index is 13.4. The minimum atomic E-state index is 0.0787. The van der Waals surface area contributed by atoms with E-state index in [1.807, 2.05) is 0 Å². The van der Waals surface area contributed by atoms with Crippen molar-refractivity contribution in [2.24, 2.45) is 5.92 Å². The molecule has 0 aromatic heterocycles. The van der Waals surface area contributed by atoms with Crippen LogP contribution in [0.25, 0.3) is 0 Å². The molecule has 0 bridgehead atoms. The number of rotatable bonds is 52. The first-order valence-electron chi connectivity index (χ1n) is 28.2. The van der Waals surface area contributed by atoms with E-state index in [2.05, 4.69) is 76.7 Å². The number of unbranched alkanes of at least 4 members (excludes halogenated alkanes) is 27. The molecular formula is C57H114N3O3+. The van der Waals surface area contributed by atoms with Crippen molar-refractivity contribution in [2.45, 2.75) is 265 Å². The molecule has 6 nitrogen and oxygen atoms in total. The Hall–Kier alpha value is -1.21. The lowest BCUT2D eigenvalue weighted by molar-refractivity contribution is -0.892. The highest BCUT2D eigenvalue weighted by molar-refractivity contribution is 5.78. The summed E-state index contributed by atoms with van der Waals surface area (Å²) in [6.07, 6.45) is 55.9. The highest BCUT2D eigenvalue weighted by Gasteiger charge is 2.24. The van der Waals surface area contributed by atoms with Crippen LogP contribution < -0.4 is 10.6 Å². The molecule has 2 unspecified atom stereocenters. The molecule has 0 spiro atoms. The van der Waals surface area contributed by atoms with Gasteiger partial charge in [0.15, 0.2) is 0 Å². The van der Waals surface area contributed by atoms with E-state index < -0.39 is 0 Å². The third-order valence-corrected chi connectivity index (χ3v) is 13.0. The van der Waals surface area contributed by atoms with E-state index in [0.717, 1.165) is 82.4 Å². The van der Waals surface area contributed by atoms with Gasteiger partial charge in [0.05, 0.1) is 33.8 Å². The topological polar surface area (TPSA) is 59.6 Å². The minimum absolute atomic E-state index is 0.0787. The molecule has 0 fully saturated rings. The maximum Gasteiger partial charge on any atom is 0.223 e. The van der Waals surface area contributed by atoms with E-state index in [1.54, 1.807) is 0 Å². The second-order valence-corrected chi connectivity index (χ2v) is 20.0. The van der Waals surface area contributed by atoms with Crippen LogP contribution in [0.1, 0.15) is 259 Å². The third-order valence-electron chi connectivity index (χ3n) is 13.0. The average Bonchev–Trinajstić information content (AvgIpc) is 3.27. The number of carbonyl (C=O) groups excluding carboxylic acids is 1. The molecule has 0 saturated carbocycles. The standard InChI is InChI=1S/C57H113N3O3/c1-7-11-15-17-19-21-23-25-27-29-31-33-35-37-39-42-51-62-54-56(63-52-43-40-38-36-34-32-30-28-26-24-22-20-18-16-12-8-2)53-60(5,6)50-49-59-57(61)55(45-41-13-9-3)46-44-48-58-47-14-10-4/h25-28,55-56,58H,7-24,29-54H2,1-6H3/p+1/b27-25-,28-26-. The van der Waals surface area contributed by atoms with Crippen molar-refractivity contribution in [3.05, 3.63) is 24.3 Å². The van der Waals surface area contributed by atoms with E-state index in [1.165, 1.54) is 193 Å². The monoisotopic (exact) mass is 889 g/mol. The Morgan fingerprint density at radius 2 is 0.889 bits per heavy atom. The fraction of sp³-hybridized carbons (Fsp3) is 0.912. The van der Waals surface area contributed by atoms with Crippen molar-refractivity contribution in [1.29, 1.82) is 0 Å². The summed E-state index contributed by atoms with van der Waals surface area (Å²) in [7, 11) is 4.58. The smallest absolute Gasteiger partial charge is 0.223 e. The van der Waals surface area contributed by atoms with Crippen LogP contribution in [-0.4, -0.2) is 83.1 Å². The first kappa shape index (κ1) is 61.8. The summed E-state index contributed by atoms with van der Waals surface area (Å²) in [5.41, 5.74) is 0. The Labute approximate surface area is 395 Å². The number of likely N-dealkylation sites (N-methyl/N-ethyl adjacent to an activating group) is 1. The van der Waals surface area contributed by atoms with Crippen molar-refractivity contribution in [2.75, 3.05) is 66.6 Å². The number of nitrogens with zero attached hydrogens (tertiary/aromatic N) is 1. The summed E-state index contributed by atoms with van der Waals surface area (Å²) in [5.74, 6) is 0.384. The minimum Gasteiger partial charge on any atom is -0.379 e. The average molecular weight is 890 g/mol. The molecule has 0 radical (unpaired) electrons. The van der Waals surface area contributed by atoms with E-state index in [-0.39, 0.29) is 17.9 Å². The number of amides is 1. The molecule has 374 valence electrons. The van der Waals surface area contributed by atoms with Gasteiger partial charge in [-0.2, -0.15) is 0 Å². The van der Waals surface area contributed by atoms with E-state index in [4.69, 9.17) is 9.47 Å². The number of allylic oxidation sites excluding steroid dienone is 4. The molecule has 0 aromatic carbocycles. The van der Waals surface area contributed by atoms with Crippen LogP contribution in [0.4, 0.5) is 0 Å². The summed E-state index contributed by atoms with van der Waals surface area (Å²) >= 11 is 0. The fourth-order valence-corrected chi connectivity index (χ4v) is 8.64. The second kappa shape index (κ2) is 50.2. The third kappa shape index (κ3) is 47.1. The Kier molecular flexibility index (Phi) is 49.2. The van der Waals surface area contributed by atoms with Gasteiger partial charge in [0.1, 0.15) is 12.6 Å². The van der Waals surface area contributed by atoms with Gasteiger partial charge in [0, 0.05) is 19.1 Å². The number of ether oxygens (including phenoxy) is 2. The normalized spacial score (nSPS) is 13.2. The van der Waals surface area contributed by atoms with Crippen molar-refractivity contribution in [3.8, 4) is 0 Å². The van der Waals surface area contributed by atoms with Crippen LogP contribution in [0.3, 0.4) is 0 Å². The number of quaternary nitrogens is 1. The summed E-state index contributed by atoms with van der Waals surface area (Å²) in [5, 5.41) is 6.91. The molecule has 1 amide bonds. The van der Waals surface area contributed by atoms with Crippen molar-refractivity contribution in [3.63, 3.8) is 0 Å². The zero-order valence-corrected chi connectivity index (χ0v) is 43.7. The van der Waals surface area contributed by atoms with E-state index in [9.17, 15) is 4.79 Å². The highest BCUT2D eigenvalue weighted by Crippen LogP contribution is 2.17. The Morgan fingerprint density at radius 3 is 1.40 bits per heavy atom. The molecule has 0 aliphatic heterocycles. The maximum absolute atomic E-state index is 13.4. The summed E-state index contributed by atoms with van der Waals surface area (Å²) in [6.45, 7) is 16.0. The number of carbonyl (C=O) groups is 1. The number of hydrogen-bond acceptors (Lipinski definition) is 4. The van der Waals surface area contributed by atoms with E-state index >= 15 is 0 Å². The summed E-state index contributed by atoms with van der Waals surface area (Å²) in [4.78, 5) is 13.4. The first-order chi connectivity index (χ1) is 30.9. The molecular weight excluding hydrogens is 775 g/mol. The van der Waals surface area contributed by atoms with Gasteiger partial charge in [-0.25, -0.2) is 0 Å². The first-order valence-corrected chi connectivity index (χ1v) is 28.2. The Bertz CT molecular complexity index is 968. The van der Waals surface area contributed by atoms with Crippen LogP contribution in [0.2, 0.25) is 0 Å². The van der Waals surface area contributed by atoms with Gasteiger partial charge in [-0.15, -0.1) is 0 Å². The number of hydrogen-bond donors (Lipinski definition) is 2. The quantitative estimate of drug-likeness (QED) is 0.0363. The lowest BCUT2D eigenvalue weighted by Crippen LogP contribution is -2.51. The molecule has 0 aliphatic rings. The van der Waals surface area contributed by atoms with Crippen molar-refractivity contribution in [1.82, 2.24) is 10.6 Å². The fourth-order valence-electron chi connectivity index (χ4n) is 8.64. The molecule has 63 heavy (non-hydrogen) atoms. The molecule has 0 heterocycles. The van der Waals surface area contributed by atoms with Gasteiger partial charge < -0.3 is 24.6 Å². The van der Waals surface area contributed by atoms with Crippen LogP contribution in [0.5, 0.6) is 0 Å². The Balaban J connectivity index is 4.64. The van der Waals surface area contributed by atoms with Gasteiger partial charge in [-0.1, -0.05) is 193 Å². The highest BCUT2D eigenvalue weighted by atomic mass is 16.5. The molecule has 0 aliphatic carbocycles. The zero-order chi connectivity index (χ0) is 46.0. The van der Waals surface area contributed by atoms with Gasteiger partial charge >= 0.3 is 0 Å². The van der Waals surface area contributed by atoms with Crippen molar-refractivity contribution >= 4 is 5.91 Å². The van der Waals surface area contributed by atoms with Gasteiger partial charge in [0.2, 0.25) is 5.91 Å². The predicted molar refractivity (Wildman–Crippen MR) is 279 cm³/mol.